The number of hydrogen-bond acceptors (Lipinski definition) is 6. The van der Waals surface area contributed by atoms with Crippen LogP contribution in [-0.2, 0) is 11.3 Å². The molecule has 0 unspecified atom stereocenters. The van der Waals surface area contributed by atoms with Crippen molar-refractivity contribution in [2.45, 2.75) is 52.5 Å². The molecule has 1 aromatic heterocycles. The van der Waals surface area contributed by atoms with E-state index in [2.05, 4.69) is 6.92 Å². The molecular formula is C24H28Cl2N2O5. The van der Waals surface area contributed by atoms with Crippen LogP contribution in [0.3, 0.4) is 0 Å². The smallest absolute Gasteiger partial charge is 0.271 e. The number of halogens is 2. The van der Waals surface area contributed by atoms with Crippen molar-refractivity contribution in [1.29, 1.82) is 5.26 Å². The molecule has 2 rings (SSSR count). The van der Waals surface area contributed by atoms with E-state index in [1.165, 1.54) is 32.6 Å². The monoisotopic (exact) mass is 494 g/mol. The second-order valence-electron chi connectivity index (χ2n) is 7.62. The Labute approximate surface area is 203 Å². The molecule has 0 spiro atoms. The molecule has 0 fully saturated rings. The first-order valence-electron chi connectivity index (χ1n) is 10.8. The molecule has 0 aliphatic carbocycles. The molecular weight excluding hydrogens is 467 g/mol. The zero-order chi connectivity index (χ0) is 24.5. The summed E-state index contributed by atoms with van der Waals surface area (Å²) in [5.41, 5.74) is -0.913. The molecule has 178 valence electrons. The van der Waals surface area contributed by atoms with E-state index in [0.717, 1.165) is 30.3 Å². The van der Waals surface area contributed by atoms with Crippen molar-refractivity contribution >= 4 is 29.0 Å². The number of pyridine rings is 1. The van der Waals surface area contributed by atoms with Crippen LogP contribution in [0.4, 0.5) is 0 Å². The molecule has 9 heteroatoms. The lowest BCUT2D eigenvalue weighted by Gasteiger charge is -2.16. The molecule has 1 N–H and O–H groups in total. The summed E-state index contributed by atoms with van der Waals surface area (Å²) < 4.78 is 11.6. The van der Waals surface area contributed by atoms with Gasteiger partial charge in [0.05, 0.1) is 35.4 Å². The second-order valence-corrected chi connectivity index (χ2v) is 8.44. The van der Waals surface area contributed by atoms with Crippen molar-refractivity contribution in [3.63, 3.8) is 0 Å². The average molecular weight is 495 g/mol. The number of aromatic hydroxyl groups is 1. The first-order chi connectivity index (χ1) is 15.8. The van der Waals surface area contributed by atoms with E-state index in [1.807, 2.05) is 6.07 Å². The average Bonchev–Trinajstić information content (AvgIpc) is 2.77. The first-order valence-corrected chi connectivity index (χ1v) is 11.6. The summed E-state index contributed by atoms with van der Waals surface area (Å²) in [6, 6.07) is 4.62. The Balaban J connectivity index is 2.38. The van der Waals surface area contributed by atoms with Gasteiger partial charge >= 0.3 is 0 Å². The number of nitrogens with zero attached hydrogens (tertiary/aromatic N) is 2. The molecule has 0 amide bonds. The first kappa shape index (κ1) is 26.7. The van der Waals surface area contributed by atoms with E-state index in [4.69, 9.17) is 32.7 Å². The number of benzene rings is 1. The molecule has 0 atom stereocenters. The highest BCUT2D eigenvalue weighted by Gasteiger charge is 2.26. The normalized spacial score (nSPS) is 10.8. The van der Waals surface area contributed by atoms with Crippen molar-refractivity contribution in [2.75, 3.05) is 20.3 Å². The van der Waals surface area contributed by atoms with Gasteiger partial charge in [-0.25, -0.2) is 0 Å². The second kappa shape index (κ2) is 12.6. The molecule has 0 saturated heterocycles. The third kappa shape index (κ3) is 6.29. The van der Waals surface area contributed by atoms with Crippen LogP contribution in [0.15, 0.2) is 16.9 Å². The highest BCUT2D eigenvalue weighted by molar-refractivity contribution is 6.38. The predicted molar refractivity (Wildman–Crippen MR) is 128 cm³/mol. The molecule has 0 aliphatic rings. The van der Waals surface area contributed by atoms with Crippen LogP contribution < -0.4 is 10.3 Å². The standard InChI is InChI=1S/C24H28Cl2N2O5/c1-4-5-6-7-8-10-33-22-18(25)12-16(13-19(22)26)21(29)20-15(2)17(14-27)23(30)28(24(20)31)9-11-32-3/h12-13,31H,4-11H2,1-3H3. The molecule has 33 heavy (non-hydrogen) atoms. The van der Waals surface area contributed by atoms with Crippen LogP contribution in [-0.4, -0.2) is 35.8 Å². The van der Waals surface area contributed by atoms with E-state index in [0.29, 0.717) is 6.61 Å². The van der Waals surface area contributed by atoms with Crippen molar-refractivity contribution in [3.05, 3.63) is 54.8 Å². The zero-order valence-electron chi connectivity index (χ0n) is 19.0. The van der Waals surface area contributed by atoms with Gasteiger partial charge < -0.3 is 14.6 Å². The predicted octanol–water partition coefficient (Wildman–Crippen LogP) is 5.27. The van der Waals surface area contributed by atoms with E-state index in [9.17, 15) is 20.0 Å². The fourth-order valence-corrected chi connectivity index (χ4v) is 4.06. The zero-order valence-corrected chi connectivity index (χ0v) is 20.6. The van der Waals surface area contributed by atoms with Crippen LogP contribution in [0.5, 0.6) is 11.6 Å². The van der Waals surface area contributed by atoms with Gasteiger partial charge in [0.25, 0.3) is 5.56 Å². The molecule has 1 aromatic carbocycles. The van der Waals surface area contributed by atoms with Crippen LogP contribution >= 0.6 is 23.2 Å². The third-order valence-corrected chi connectivity index (χ3v) is 5.86. The van der Waals surface area contributed by atoms with Gasteiger partial charge in [0.2, 0.25) is 5.88 Å². The van der Waals surface area contributed by atoms with Crippen molar-refractivity contribution in [3.8, 4) is 17.7 Å². The van der Waals surface area contributed by atoms with Crippen molar-refractivity contribution in [1.82, 2.24) is 4.57 Å². The highest BCUT2D eigenvalue weighted by Crippen LogP contribution is 2.36. The molecule has 0 aliphatic heterocycles. The SMILES string of the molecule is CCCCCCCOc1c(Cl)cc(C(=O)c2c(C)c(C#N)c(=O)n(CCOC)c2O)cc1Cl. The minimum atomic E-state index is -0.695. The summed E-state index contributed by atoms with van der Waals surface area (Å²) in [5.74, 6) is -0.880. The van der Waals surface area contributed by atoms with Crippen LogP contribution in [0.2, 0.25) is 10.0 Å². The number of rotatable bonds is 12. The minimum absolute atomic E-state index is 0.0248. The summed E-state index contributed by atoms with van der Waals surface area (Å²) in [6.45, 7) is 4.12. The van der Waals surface area contributed by atoms with Gasteiger partial charge in [-0.3, -0.25) is 14.2 Å². The summed E-state index contributed by atoms with van der Waals surface area (Å²) in [6.07, 6.45) is 5.37. The number of aromatic nitrogens is 1. The van der Waals surface area contributed by atoms with E-state index >= 15 is 0 Å². The lowest BCUT2D eigenvalue weighted by Crippen LogP contribution is -2.28. The maximum Gasteiger partial charge on any atom is 0.271 e. The van der Waals surface area contributed by atoms with Gasteiger partial charge in [0.1, 0.15) is 11.6 Å². The Morgan fingerprint density at radius 3 is 2.36 bits per heavy atom. The number of ether oxygens (including phenoxy) is 2. The fraction of sp³-hybridized carbons (Fsp3) is 0.458. The Kier molecular flexibility index (Phi) is 10.2. The largest absolute Gasteiger partial charge is 0.494 e. The number of methoxy groups -OCH3 is 1. The molecule has 1 heterocycles. The molecule has 0 bridgehead atoms. The van der Waals surface area contributed by atoms with Gasteiger partial charge in [-0.15, -0.1) is 0 Å². The van der Waals surface area contributed by atoms with Crippen LogP contribution in [0, 0.1) is 18.3 Å². The quantitative estimate of drug-likeness (QED) is 0.318. The summed E-state index contributed by atoms with van der Waals surface area (Å²) in [4.78, 5) is 25.8. The van der Waals surface area contributed by atoms with Crippen LogP contribution in [0.25, 0.3) is 0 Å². The van der Waals surface area contributed by atoms with Crippen molar-refractivity contribution in [2.24, 2.45) is 0 Å². The highest BCUT2D eigenvalue weighted by atomic mass is 35.5. The molecule has 2 aromatic rings. The lowest BCUT2D eigenvalue weighted by molar-refractivity contribution is 0.103. The van der Waals surface area contributed by atoms with E-state index in [1.54, 1.807) is 0 Å². The maximum atomic E-state index is 13.3. The topological polar surface area (TPSA) is 102 Å². The number of unbranched alkanes of at least 4 members (excludes halogenated alkanes) is 4. The number of nitriles is 1. The Hall–Kier alpha value is -2.53. The summed E-state index contributed by atoms with van der Waals surface area (Å²) >= 11 is 12.7. The fourth-order valence-electron chi connectivity index (χ4n) is 3.47. The summed E-state index contributed by atoms with van der Waals surface area (Å²) in [5, 5.41) is 20.5. The van der Waals surface area contributed by atoms with Gasteiger partial charge in [-0.05, 0) is 31.0 Å². The maximum absolute atomic E-state index is 13.3. The van der Waals surface area contributed by atoms with E-state index < -0.39 is 17.2 Å². The van der Waals surface area contributed by atoms with Gasteiger partial charge in [-0.1, -0.05) is 55.8 Å². The number of carbonyl (C=O) groups is 1. The molecule has 0 radical (unpaired) electrons. The van der Waals surface area contributed by atoms with Gasteiger partial charge in [0, 0.05) is 12.7 Å². The lowest BCUT2D eigenvalue weighted by atomic mass is 9.97. The molecule has 7 nitrogen and oxygen atoms in total. The number of ketones is 1. The Morgan fingerprint density at radius 1 is 1.15 bits per heavy atom. The van der Waals surface area contributed by atoms with E-state index in [-0.39, 0.29) is 51.2 Å². The van der Waals surface area contributed by atoms with Gasteiger partial charge in [0.15, 0.2) is 11.5 Å². The van der Waals surface area contributed by atoms with Crippen molar-refractivity contribution < 1.29 is 19.4 Å². The minimum Gasteiger partial charge on any atom is -0.494 e. The number of carbonyl (C=O) groups excluding carboxylic acids is 1. The third-order valence-electron chi connectivity index (χ3n) is 5.30. The number of hydrogen-bond donors (Lipinski definition) is 1. The Morgan fingerprint density at radius 2 is 1.79 bits per heavy atom. The summed E-state index contributed by atoms with van der Waals surface area (Å²) in [7, 11) is 1.44. The van der Waals surface area contributed by atoms with Crippen LogP contribution in [0.1, 0.15) is 66.1 Å². The Bertz CT molecular complexity index is 1080. The van der Waals surface area contributed by atoms with Gasteiger partial charge in [-0.2, -0.15) is 5.26 Å². The molecule has 0 saturated carbocycles.